The summed E-state index contributed by atoms with van der Waals surface area (Å²) in [7, 11) is 0. The van der Waals surface area contributed by atoms with E-state index in [-0.39, 0.29) is 31.0 Å². The number of hydrogen-bond donors (Lipinski definition) is 0. The highest BCUT2D eigenvalue weighted by atomic mass is 16.2. The lowest BCUT2D eigenvalue weighted by Gasteiger charge is -2.22. The molecule has 0 atom stereocenters. The van der Waals surface area contributed by atoms with Crippen LogP contribution in [-0.4, -0.2) is 22.2 Å². The number of aryl methyl sites for hydroxylation is 1. The molecule has 1 aromatic carbocycles. The number of nitrogens with zero attached hydrogens (tertiary/aromatic N) is 5. The van der Waals surface area contributed by atoms with Gasteiger partial charge < -0.3 is 4.90 Å². The predicted molar refractivity (Wildman–Crippen MR) is 91.7 cm³/mol. The Balaban J connectivity index is 2.37. The lowest BCUT2D eigenvalue weighted by atomic mass is 10.1. The molecule has 1 aromatic heterocycles. The molecule has 0 fully saturated rings. The minimum atomic E-state index is -0.591. The highest BCUT2D eigenvalue weighted by Gasteiger charge is 2.19. The zero-order valence-electron chi connectivity index (χ0n) is 14.1. The first kappa shape index (κ1) is 17.9. The molecule has 7 heteroatoms. The highest BCUT2D eigenvalue weighted by molar-refractivity contribution is 5.93. The largest absolute Gasteiger partial charge is 0.310 e. The lowest BCUT2D eigenvalue weighted by molar-refractivity contribution is -0.119. The van der Waals surface area contributed by atoms with Crippen molar-refractivity contribution in [3.05, 3.63) is 57.5 Å². The van der Waals surface area contributed by atoms with E-state index in [1.54, 1.807) is 38.1 Å². The first-order chi connectivity index (χ1) is 12.0. The third-order valence-electron chi connectivity index (χ3n) is 3.85. The molecular weight excluding hydrogens is 318 g/mol. The topological polar surface area (TPSA) is 103 Å². The average Bonchev–Trinajstić information content (AvgIpc) is 2.61. The summed E-state index contributed by atoms with van der Waals surface area (Å²) in [6.07, 6.45) is 0.166. The van der Waals surface area contributed by atoms with Crippen LogP contribution in [0.5, 0.6) is 0 Å². The van der Waals surface area contributed by atoms with Gasteiger partial charge in [-0.15, -0.1) is 0 Å². The van der Waals surface area contributed by atoms with Gasteiger partial charge in [-0.25, -0.2) is 4.68 Å². The number of para-hydroxylation sites is 1. The van der Waals surface area contributed by atoms with E-state index in [1.165, 1.54) is 4.90 Å². The molecule has 0 bridgehead atoms. The monoisotopic (exact) mass is 335 g/mol. The fourth-order valence-corrected chi connectivity index (χ4v) is 2.39. The average molecular weight is 335 g/mol. The summed E-state index contributed by atoms with van der Waals surface area (Å²) in [5.41, 5.74) is 1.07. The molecule has 0 aliphatic rings. The maximum atomic E-state index is 12.7. The van der Waals surface area contributed by atoms with Crippen molar-refractivity contribution in [3.63, 3.8) is 0 Å². The van der Waals surface area contributed by atoms with E-state index in [4.69, 9.17) is 10.5 Å². The molecule has 2 aromatic rings. The van der Waals surface area contributed by atoms with Gasteiger partial charge in [-0.2, -0.15) is 15.6 Å². The van der Waals surface area contributed by atoms with Crippen molar-refractivity contribution < 1.29 is 4.79 Å². The van der Waals surface area contributed by atoms with Crippen molar-refractivity contribution in [1.82, 2.24) is 9.78 Å². The zero-order chi connectivity index (χ0) is 18.4. The van der Waals surface area contributed by atoms with Crippen LogP contribution in [0.25, 0.3) is 0 Å². The Bertz CT molecular complexity index is 919. The molecule has 1 heterocycles. The van der Waals surface area contributed by atoms with E-state index in [1.807, 2.05) is 18.2 Å². The predicted octanol–water partition coefficient (Wildman–Crippen LogP) is 1.68. The number of anilines is 1. The van der Waals surface area contributed by atoms with Gasteiger partial charge in [0.1, 0.15) is 18.2 Å². The fourth-order valence-electron chi connectivity index (χ4n) is 2.39. The number of rotatable bonds is 5. The Morgan fingerprint density at radius 2 is 1.92 bits per heavy atom. The van der Waals surface area contributed by atoms with Crippen molar-refractivity contribution in [2.75, 3.05) is 11.4 Å². The second-order valence-electron chi connectivity index (χ2n) is 5.45. The molecule has 25 heavy (non-hydrogen) atoms. The Hall–Kier alpha value is -3.45. The molecule has 7 nitrogen and oxygen atoms in total. The van der Waals surface area contributed by atoms with Crippen LogP contribution in [0.15, 0.2) is 35.1 Å². The number of carbonyl (C=O) groups is 1. The van der Waals surface area contributed by atoms with Crippen molar-refractivity contribution in [1.29, 1.82) is 10.5 Å². The Kier molecular flexibility index (Phi) is 5.65. The van der Waals surface area contributed by atoms with Gasteiger partial charge in [0.2, 0.25) is 5.91 Å². The van der Waals surface area contributed by atoms with E-state index in [0.717, 1.165) is 4.68 Å². The van der Waals surface area contributed by atoms with Crippen LogP contribution in [0.4, 0.5) is 5.69 Å². The summed E-state index contributed by atoms with van der Waals surface area (Å²) < 4.78 is 1.01. The van der Waals surface area contributed by atoms with E-state index < -0.39 is 5.56 Å². The van der Waals surface area contributed by atoms with Crippen LogP contribution in [0.2, 0.25) is 0 Å². The van der Waals surface area contributed by atoms with E-state index in [2.05, 4.69) is 5.10 Å². The van der Waals surface area contributed by atoms with Gasteiger partial charge in [0.15, 0.2) is 0 Å². The van der Waals surface area contributed by atoms with Gasteiger partial charge in [-0.05, 0) is 31.5 Å². The normalized spacial score (nSPS) is 9.92. The molecule has 0 saturated heterocycles. The number of carbonyl (C=O) groups excluding carboxylic acids is 1. The van der Waals surface area contributed by atoms with Gasteiger partial charge in [-0.3, -0.25) is 9.59 Å². The SMILES string of the molecule is Cc1nn(CC(=O)N(CCC#N)c2ccccc2)c(=O)c(C#N)c1C. The fraction of sp³-hybridized carbons (Fsp3) is 0.278. The summed E-state index contributed by atoms with van der Waals surface area (Å²) in [6, 6.07) is 12.8. The van der Waals surface area contributed by atoms with Crippen LogP contribution in [0, 0.1) is 36.5 Å². The smallest absolute Gasteiger partial charge is 0.285 e. The zero-order valence-corrected chi connectivity index (χ0v) is 14.1. The number of nitriles is 2. The van der Waals surface area contributed by atoms with Crippen molar-refractivity contribution in [2.24, 2.45) is 0 Å². The first-order valence-corrected chi connectivity index (χ1v) is 7.70. The summed E-state index contributed by atoms with van der Waals surface area (Å²) in [6.45, 7) is 3.25. The van der Waals surface area contributed by atoms with E-state index >= 15 is 0 Å². The molecule has 0 saturated carbocycles. The minimum absolute atomic E-state index is 0.0106. The molecule has 0 aliphatic heterocycles. The highest BCUT2D eigenvalue weighted by Crippen LogP contribution is 2.14. The molecule has 0 radical (unpaired) electrons. The Morgan fingerprint density at radius 1 is 1.24 bits per heavy atom. The third-order valence-corrected chi connectivity index (χ3v) is 3.85. The van der Waals surface area contributed by atoms with Crippen molar-refractivity contribution >= 4 is 11.6 Å². The number of benzene rings is 1. The number of aromatic nitrogens is 2. The second-order valence-corrected chi connectivity index (χ2v) is 5.45. The first-order valence-electron chi connectivity index (χ1n) is 7.70. The standard InChI is InChI=1S/C18H17N5O2/c1-13-14(2)21-23(18(25)16(13)11-20)12-17(24)22(10-6-9-19)15-7-4-3-5-8-15/h3-5,7-8H,6,10,12H2,1-2H3. The summed E-state index contributed by atoms with van der Waals surface area (Å²) >= 11 is 0. The van der Waals surface area contributed by atoms with E-state index in [9.17, 15) is 9.59 Å². The quantitative estimate of drug-likeness (QED) is 0.827. The van der Waals surface area contributed by atoms with Crippen molar-refractivity contribution in [2.45, 2.75) is 26.8 Å². The molecule has 0 aliphatic carbocycles. The van der Waals surface area contributed by atoms with Gasteiger partial charge in [-0.1, -0.05) is 18.2 Å². The molecule has 0 N–H and O–H groups in total. The Labute approximate surface area is 145 Å². The molecule has 0 unspecified atom stereocenters. The molecule has 2 rings (SSSR count). The van der Waals surface area contributed by atoms with Crippen LogP contribution >= 0.6 is 0 Å². The number of hydrogen-bond acceptors (Lipinski definition) is 5. The molecule has 0 spiro atoms. The van der Waals surface area contributed by atoms with Gasteiger partial charge in [0.05, 0.1) is 18.2 Å². The second kappa shape index (κ2) is 7.89. The molecule has 126 valence electrons. The summed E-state index contributed by atoms with van der Waals surface area (Å²) in [4.78, 5) is 26.5. The molecular formula is C18H17N5O2. The number of amides is 1. The lowest BCUT2D eigenvalue weighted by Crippen LogP contribution is -2.39. The summed E-state index contributed by atoms with van der Waals surface area (Å²) in [5, 5.41) is 22.1. The Morgan fingerprint density at radius 3 is 2.52 bits per heavy atom. The molecule has 1 amide bonds. The van der Waals surface area contributed by atoms with Gasteiger partial charge in [0, 0.05) is 12.2 Å². The van der Waals surface area contributed by atoms with Gasteiger partial charge in [0.25, 0.3) is 5.56 Å². The van der Waals surface area contributed by atoms with E-state index in [0.29, 0.717) is 16.9 Å². The van der Waals surface area contributed by atoms with Crippen LogP contribution in [-0.2, 0) is 11.3 Å². The third kappa shape index (κ3) is 3.91. The maximum Gasteiger partial charge on any atom is 0.285 e. The summed E-state index contributed by atoms with van der Waals surface area (Å²) in [5.74, 6) is -0.372. The van der Waals surface area contributed by atoms with Crippen LogP contribution in [0.1, 0.15) is 23.2 Å². The van der Waals surface area contributed by atoms with Crippen molar-refractivity contribution in [3.8, 4) is 12.1 Å². The minimum Gasteiger partial charge on any atom is -0.310 e. The van der Waals surface area contributed by atoms with Crippen LogP contribution in [0.3, 0.4) is 0 Å². The van der Waals surface area contributed by atoms with Gasteiger partial charge >= 0.3 is 0 Å². The maximum absolute atomic E-state index is 12.7. The van der Waals surface area contributed by atoms with Crippen LogP contribution < -0.4 is 10.5 Å².